The summed E-state index contributed by atoms with van der Waals surface area (Å²) >= 11 is 0. The largest absolute Gasteiger partial charge is 0.497 e. The molecule has 6 heteroatoms. The number of ether oxygens (including phenoxy) is 2. The zero-order chi connectivity index (χ0) is 16.2. The van der Waals surface area contributed by atoms with Crippen molar-refractivity contribution >= 4 is 10.0 Å². The molecule has 0 aliphatic heterocycles. The van der Waals surface area contributed by atoms with Gasteiger partial charge in [0.1, 0.15) is 11.5 Å². The van der Waals surface area contributed by atoms with Gasteiger partial charge in [0.15, 0.2) is 0 Å². The molecule has 0 radical (unpaired) electrons. The SMILES string of the molecule is COc1ccc(S(=O)(=O)N[C@H](C)c2cccc(OC)c2)cc1. The Bertz CT molecular complexity index is 726. The molecular weight excluding hydrogens is 302 g/mol. The summed E-state index contributed by atoms with van der Waals surface area (Å²) in [6, 6.07) is 13.2. The number of rotatable bonds is 6. The second-order valence-corrected chi connectivity index (χ2v) is 6.51. The van der Waals surface area contributed by atoms with Crippen molar-refractivity contribution in [2.24, 2.45) is 0 Å². The van der Waals surface area contributed by atoms with Gasteiger partial charge in [0, 0.05) is 6.04 Å². The molecule has 1 N–H and O–H groups in total. The molecule has 0 fully saturated rings. The fraction of sp³-hybridized carbons (Fsp3) is 0.250. The van der Waals surface area contributed by atoms with E-state index in [0.29, 0.717) is 11.5 Å². The van der Waals surface area contributed by atoms with Gasteiger partial charge in [-0.15, -0.1) is 0 Å². The second-order valence-electron chi connectivity index (χ2n) is 4.80. The summed E-state index contributed by atoms with van der Waals surface area (Å²) in [4.78, 5) is 0.197. The number of benzene rings is 2. The Morgan fingerprint density at radius 3 is 2.18 bits per heavy atom. The lowest BCUT2D eigenvalue weighted by Crippen LogP contribution is -2.26. The molecule has 0 saturated carbocycles. The van der Waals surface area contributed by atoms with Crippen LogP contribution in [0.3, 0.4) is 0 Å². The molecule has 0 spiro atoms. The molecule has 0 heterocycles. The van der Waals surface area contributed by atoms with E-state index in [1.165, 1.54) is 19.2 Å². The number of hydrogen-bond acceptors (Lipinski definition) is 4. The minimum atomic E-state index is -3.60. The first-order valence-corrected chi connectivity index (χ1v) is 8.25. The molecule has 0 aromatic heterocycles. The first-order chi connectivity index (χ1) is 10.5. The number of methoxy groups -OCH3 is 2. The number of hydrogen-bond donors (Lipinski definition) is 1. The van der Waals surface area contributed by atoms with Gasteiger partial charge in [-0.05, 0) is 48.9 Å². The maximum absolute atomic E-state index is 12.4. The van der Waals surface area contributed by atoms with Crippen LogP contribution in [0.4, 0.5) is 0 Å². The Kier molecular flexibility index (Phi) is 5.05. The molecule has 2 aromatic rings. The molecule has 2 aromatic carbocycles. The summed E-state index contributed by atoms with van der Waals surface area (Å²) in [7, 11) is -0.490. The Morgan fingerprint density at radius 1 is 0.955 bits per heavy atom. The first kappa shape index (κ1) is 16.3. The van der Waals surface area contributed by atoms with Gasteiger partial charge in [-0.2, -0.15) is 0 Å². The summed E-state index contributed by atoms with van der Waals surface area (Å²) in [5, 5.41) is 0. The first-order valence-electron chi connectivity index (χ1n) is 6.76. The van der Waals surface area contributed by atoms with Gasteiger partial charge in [0.05, 0.1) is 19.1 Å². The van der Waals surface area contributed by atoms with E-state index >= 15 is 0 Å². The van der Waals surface area contributed by atoms with E-state index in [1.807, 2.05) is 18.2 Å². The third-order valence-electron chi connectivity index (χ3n) is 3.30. The Morgan fingerprint density at radius 2 is 1.59 bits per heavy atom. The molecule has 1 atom stereocenters. The number of nitrogens with one attached hydrogen (secondary N) is 1. The Balaban J connectivity index is 2.19. The molecule has 2 rings (SSSR count). The van der Waals surface area contributed by atoms with Gasteiger partial charge in [0.25, 0.3) is 0 Å². The highest BCUT2D eigenvalue weighted by atomic mass is 32.2. The van der Waals surface area contributed by atoms with Crippen molar-refractivity contribution < 1.29 is 17.9 Å². The van der Waals surface area contributed by atoms with Crippen LogP contribution in [-0.2, 0) is 10.0 Å². The van der Waals surface area contributed by atoms with Crippen molar-refractivity contribution in [2.45, 2.75) is 17.9 Å². The maximum Gasteiger partial charge on any atom is 0.241 e. The van der Waals surface area contributed by atoms with Crippen molar-refractivity contribution in [2.75, 3.05) is 14.2 Å². The molecule has 0 bridgehead atoms. The fourth-order valence-electron chi connectivity index (χ4n) is 2.03. The van der Waals surface area contributed by atoms with Crippen LogP contribution in [0.15, 0.2) is 53.4 Å². The molecule has 22 heavy (non-hydrogen) atoms. The molecular formula is C16H19NO4S. The standard InChI is InChI=1S/C16H19NO4S/c1-12(13-5-4-6-15(11-13)21-3)17-22(18,19)16-9-7-14(20-2)8-10-16/h4-12,17H,1-3H3/t12-/m1/s1. The van der Waals surface area contributed by atoms with Crippen molar-refractivity contribution in [3.8, 4) is 11.5 Å². The fourth-order valence-corrected chi connectivity index (χ4v) is 3.27. The lowest BCUT2D eigenvalue weighted by atomic mass is 10.1. The van der Waals surface area contributed by atoms with E-state index in [-0.39, 0.29) is 10.9 Å². The van der Waals surface area contributed by atoms with Crippen LogP contribution < -0.4 is 14.2 Å². The highest BCUT2D eigenvalue weighted by Gasteiger charge is 2.18. The normalized spacial score (nSPS) is 12.7. The minimum Gasteiger partial charge on any atom is -0.497 e. The predicted octanol–water partition coefficient (Wildman–Crippen LogP) is 2.74. The van der Waals surface area contributed by atoms with E-state index in [1.54, 1.807) is 32.2 Å². The molecule has 0 amide bonds. The lowest BCUT2D eigenvalue weighted by molar-refractivity contribution is 0.413. The zero-order valence-electron chi connectivity index (χ0n) is 12.7. The van der Waals surface area contributed by atoms with Crippen LogP contribution in [-0.4, -0.2) is 22.6 Å². The Labute approximate surface area is 130 Å². The average molecular weight is 321 g/mol. The van der Waals surface area contributed by atoms with Crippen LogP contribution in [0.2, 0.25) is 0 Å². The predicted molar refractivity (Wildman–Crippen MR) is 84.7 cm³/mol. The lowest BCUT2D eigenvalue weighted by Gasteiger charge is -2.15. The topological polar surface area (TPSA) is 64.6 Å². The monoisotopic (exact) mass is 321 g/mol. The van der Waals surface area contributed by atoms with E-state index in [0.717, 1.165) is 5.56 Å². The van der Waals surface area contributed by atoms with Crippen LogP contribution in [0, 0.1) is 0 Å². The zero-order valence-corrected chi connectivity index (χ0v) is 13.6. The molecule has 0 unspecified atom stereocenters. The van der Waals surface area contributed by atoms with Crippen LogP contribution in [0.5, 0.6) is 11.5 Å². The molecule has 0 aliphatic carbocycles. The molecule has 118 valence electrons. The maximum atomic E-state index is 12.4. The Hall–Kier alpha value is -2.05. The van der Waals surface area contributed by atoms with Gasteiger partial charge in [-0.1, -0.05) is 12.1 Å². The summed E-state index contributed by atoms with van der Waals surface area (Å²) < 4.78 is 37.6. The second kappa shape index (κ2) is 6.81. The quantitative estimate of drug-likeness (QED) is 0.888. The smallest absolute Gasteiger partial charge is 0.241 e. The van der Waals surface area contributed by atoms with E-state index < -0.39 is 10.0 Å². The van der Waals surface area contributed by atoms with E-state index in [9.17, 15) is 8.42 Å². The van der Waals surface area contributed by atoms with Gasteiger partial charge < -0.3 is 9.47 Å². The van der Waals surface area contributed by atoms with E-state index in [2.05, 4.69) is 4.72 Å². The molecule has 0 saturated heterocycles. The third kappa shape index (κ3) is 3.78. The molecule has 5 nitrogen and oxygen atoms in total. The van der Waals surface area contributed by atoms with Crippen LogP contribution in [0.1, 0.15) is 18.5 Å². The third-order valence-corrected chi connectivity index (χ3v) is 4.85. The van der Waals surface area contributed by atoms with Gasteiger partial charge in [-0.25, -0.2) is 13.1 Å². The van der Waals surface area contributed by atoms with Gasteiger partial charge >= 0.3 is 0 Å². The summed E-state index contributed by atoms with van der Waals surface area (Å²) in [5.41, 5.74) is 0.830. The van der Waals surface area contributed by atoms with Crippen LogP contribution in [0.25, 0.3) is 0 Å². The highest BCUT2D eigenvalue weighted by molar-refractivity contribution is 7.89. The summed E-state index contributed by atoms with van der Waals surface area (Å²) in [6.45, 7) is 1.79. The summed E-state index contributed by atoms with van der Waals surface area (Å²) in [6.07, 6.45) is 0. The summed E-state index contributed by atoms with van der Waals surface area (Å²) in [5.74, 6) is 1.30. The molecule has 0 aliphatic rings. The minimum absolute atomic E-state index is 0.197. The van der Waals surface area contributed by atoms with E-state index in [4.69, 9.17) is 9.47 Å². The van der Waals surface area contributed by atoms with Gasteiger partial charge in [0.2, 0.25) is 10.0 Å². The van der Waals surface area contributed by atoms with Crippen molar-refractivity contribution in [1.29, 1.82) is 0 Å². The van der Waals surface area contributed by atoms with Crippen molar-refractivity contribution in [3.05, 3.63) is 54.1 Å². The average Bonchev–Trinajstić information content (AvgIpc) is 2.54. The highest BCUT2D eigenvalue weighted by Crippen LogP contribution is 2.22. The van der Waals surface area contributed by atoms with Crippen molar-refractivity contribution in [3.63, 3.8) is 0 Å². The van der Waals surface area contributed by atoms with Crippen LogP contribution >= 0.6 is 0 Å². The van der Waals surface area contributed by atoms with Crippen molar-refractivity contribution in [1.82, 2.24) is 4.72 Å². The van der Waals surface area contributed by atoms with Gasteiger partial charge in [-0.3, -0.25) is 0 Å². The number of sulfonamides is 1.